The zero-order valence-corrected chi connectivity index (χ0v) is 18.8. The Morgan fingerprint density at radius 1 is 1.06 bits per heavy atom. The van der Waals surface area contributed by atoms with Gasteiger partial charge in [-0.15, -0.1) is 11.3 Å². The van der Waals surface area contributed by atoms with E-state index in [0.717, 1.165) is 33.1 Å². The van der Waals surface area contributed by atoms with Gasteiger partial charge in [0.25, 0.3) is 5.91 Å². The Bertz CT molecular complexity index is 1330. The third kappa shape index (κ3) is 4.36. The molecule has 1 aliphatic heterocycles. The summed E-state index contributed by atoms with van der Waals surface area (Å²) in [6, 6.07) is 23.1. The highest BCUT2D eigenvalue weighted by atomic mass is 32.1. The van der Waals surface area contributed by atoms with Gasteiger partial charge in [-0.1, -0.05) is 48.5 Å². The molecule has 0 fully saturated rings. The van der Waals surface area contributed by atoms with Crippen LogP contribution in [0.4, 0.5) is 11.4 Å². The summed E-state index contributed by atoms with van der Waals surface area (Å²) in [4.78, 5) is 31.6. The number of para-hydroxylation sites is 1. The lowest BCUT2D eigenvalue weighted by Gasteiger charge is -2.29. The molecule has 3 aromatic carbocycles. The molecular formula is C26H21N3O3S. The van der Waals surface area contributed by atoms with Gasteiger partial charge in [-0.2, -0.15) is 0 Å². The third-order valence-corrected chi connectivity index (χ3v) is 6.33. The van der Waals surface area contributed by atoms with Crippen molar-refractivity contribution in [3.63, 3.8) is 0 Å². The summed E-state index contributed by atoms with van der Waals surface area (Å²) in [5, 5.41) is 5.80. The lowest BCUT2D eigenvalue weighted by Crippen LogP contribution is -2.43. The lowest BCUT2D eigenvalue weighted by molar-refractivity contribution is -0.123. The summed E-state index contributed by atoms with van der Waals surface area (Å²) in [6.45, 7) is 1.73. The number of carbonyl (C=O) groups excluding carboxylic acids is 2. The van der Waals surface area contributed by atoms with E-state index < -0.39 is 0 Å². The molecule has 0 aliphatic carbocycles. The van der Waals surface area contributed by atoms with Crippen molar-refractivity contribution in [2.45, 2.75) is 6.92 Å². The maximum Gasteiger partial charge on any atom is 0.265 e. The molecule has 1 N–H and O–H groups in total. The van der Waals surface area contributed by atoms with Gasteiger partial charge in [0.05, 0.1) is 11.4 Å². The first-order valence-electron chi connectivity index (χ1n) is 10.5. The first kappa shape index (κ1) is 20.9. The number of hydrogen-bond donors (Lipinski definition) is 1. The molecule has 0 unspecified atom stereocenters. The van der Waals surface area contributed by atoms with E-state index in [1.165, 1.54) is 4.90 Å². The van der Waals surface area contributed by atoms with Crippen LogP contribution in [-0.2, 0) is 9.59 Å². The largest absolute Gasteiger partial charge is 0.482 e. The first-order valence-corrected chi connectivity index (χ1v) is 11.4. The molecule has 1 aromatic heterocycles. The van der Waals surface area contributed by atoms with E-state index in [9.17, 15) is 9.59 Å². The van der Waals surface area contributed by atoms with Crippen LogP contribution in [0.15, 0.2) is 78.2 Å². The number of fused-ring (bicyclic) bond motifs is 1. The van der Waals surface area contributed by atoms with Gasteiger partial charge in [-0.3, -0.25) is 14.5 Å². The number of amides is 2. The monoisotopic (exact) mass is 455 g/mol. The van der Waals surface area contributed by atoms with E-state index in [1.807, 2.05) is 85.1 Å². The first-order chi connectivity index (χ1) is 16.1. The molecule has 0 saturated heterocycles. The molecule has 0 bridgehead atoms. The summed E-state index contributed by atoms with van der Waals surface area (Å²) in [5.74, 6) is 0.0410. The Labute approximate surface area is 195 Å². The third-order valence-electron chi connectivity index (χ3n) is 5.44. The van der Waals surface area contributed by atoms with E-state index in [1.54, 1.807) is 11.3 Å². The van der Waals surface area contributed by atoms with Crippen molar-refractivity contribution in [2.24, 2.45) is 0 Å². The van der Waals surface area contributed by atoms with Crippen molar-refractivity contribution in [1.29, 1.82) is 0 Å². The van der Waals surface area contributed by atoms with Gasteiger partial charge in [0.2, 0.25) is 5.91 Å². The van der Waals surface area contributed by atoms with Crippen LogP contribution in [0.3, 0.4) is 0 Å². The van der Waals surface area contributed by atoms with Crippen LogP contribution in [-0.4, -0.2) is 29.9 Å². The van der Waals surface area contributed by atoms with E-state index >= 15 is 0 Å². The predicted octanol–water partition coefficient (Wildman–Crippen LogP) is 5.15. The van der Waals surface area contributed by atoms with Gasteiger partial charge in [0, 0.05) is 22.2 Å². The molecule has 7 heteroatoms. The van der Waals surface area contributed by atoms with Gasteiger partial charge in [0.15, 0.2) is 6.61 Å². The van der Waals surface area contributed by atoms with Crippen LogP contribution in [0.2, 0.25) is 0 Å². The Morgan fingerprint density at radius 2 is 1.85 bits per heavy atom. The number of nitrogens with one attached hydrogen (secondary N) is 1. The number of rotatable bonds is 5. The SMILES string of the molecule is Cc1ccccc1NC(=O)CN1C(=O)COc2ccc(-c3csc(-c4ccccc4)n3)cc21. The number of aromatic nitrogens is 1. The molecule has 2 heterocycles. The fourth-order valence-corrected chi connectivity index (χ4v) is 4.54. The van der Waals surface area contributed by atoms with E-state index in [0.29, 0.717) is 11.4 Å². The topological polar surface area (TPSA) is 71.5 Å². The number of thiazole rings is 1. The van der Waals surface area contributed by atoms with Crippen molar-refractivity contribution in [3.8, 4) is 27.6 Å². The second kappa shape index (κ2) is 8.88. The van der Waals surface area contributed by atoms with Crippen LogP contribution in [0.25, 0.3) is 21.8 Å². The van der Waals surface area contributed by atoms with Crippen LogP contribution >= 0.6 is 11.3 Å². The average Bonchev–Trinajstić information content (AvgIpc) is 3.33. The molecule has 164 valence electrons. The highest BCUT2D eigenvalue weighted by molar-refractivity contribution is 7.13. The molecule has 1 aliphatic rings. The fraction of sp³-hybridized carbons (Fsp3) is 0.115. The van der Waals surface area contributed by atoms with E-state index in [-0.39, 0.29) is 25.0 Å². The van der Waals surface area contributed by atoms with Crippen molar-refractivity contribution >= 4 is 34.5 Å². The van der Waals surface area contributed by atoms with Crippen molar-refractivity contribution < 1.29 is 14.3 Å². The Kier molecular flexibility index (Phi) is 5.62. The molecule has 4 aromatic rings. The smallest absolute Gasteiger partial charge is 0.265 e. The number of carbonyl (C=O) groups is 2. The zero-order valence-electron chi connectivity index (χ0n) is 17.9. The van der Waals surface area contributed by atoms with Crippen LogP contribution in [0.1, 0.15) is 5.56 Å². The van der Waals surface area contributed by atoms with E-state index in [4.69, 9.17) is 9.72 Å². The number of aryl methyl sites for hydroxylation is 1. The highest BCUT2D eigenvalue weighted by Gasteiger charge is 2.28. The minimum atomic E-state index is -0.268. The van der Waals surface area contributed by atoms with Gasteiger partial charge in [0.1, 0.15) is 17.3 Å². The normalized spacial score (nSPS) is 12.8. The number of ether oxygens (including phenoxy) is 1. The Hall–Kier alpha value is -3.97. The second-order valence-corrected chi connectivity index (χ2v) is 8.58. The fourth-order valence-electron chi connectivity index (χ4n) is 3.70. The van der Waals surface area contributed by atoms with Crippen molar-refractivity contribution in [3.05, 3.63) is 83.7 Å². The summed E-state index contributed by atoms with van der Waals surface area (Å²) in [6.07, 6.45) is 0. The Balaban J connectivity index is 1.41. The van der Waals surface area contributed by atoms with Gasteiger partial charge >= 0.3 is 0 Å². The maximum absolute atomic E-state index is 12.7. The standard InChI is InChI=1S/C26H21N3O3S/c1-17-7-5-6-10-20(17)27-24(30)14-29-22-13-19(11-12-23(22)32-15-25(29)31)21-16-33-26(28-21)18-8-3-2-4-9-18/h2-13,16H,14-15H2,1H3,(H,27,30). The molecule has 0 saturated carbocycles. The highest BCUT2D eigenvalue weighted by Crippen LogP contribution is 2.37. The Morgan fingerprint density at radius 3 is 2.67 bits per heavy atom. The van der Waals surface area contributed by atoms with Crippen LogP contribution in [0, 0.1) is 6.92 Å². The number of anilines is 2. The zero-order chi connectivity index (χ0) is 22.8. The maximum atomic E-state index is 12.7. The van der Waals surface area contributed by atoms with E-state index in [2.05, 4.69) is 5.32 Å². The molecule has 0 atom stereocenters. The molecule has 5 rings (SSSR count). The molecular weight excluding hydrogens is 434 g/mol. The summed E-state index contributed by atoms with van der Waals surface area (Å²) >= 11 is 1.56. The number of hydrogen-bond acceptors (Lipinski definition) is 5. The second-order valence-electron chi connectivity index (χ2n) is 7.72. The minimum Gasteiger partial charge on any atom is -0.482 e. The van der Waals surface area contributed by atoms with Crippen LogP contribution in [0.5, 0.6) is 5.75 Å². The number of benzene rings is 3. The average molecular weight is 456 g/mol. The quantitative estimate of drug-likeness (QED) is 0.452. The predicted molar refractivity (Wildman–Crippen MR) is 131 cm³/mol. The summed E-state index contributed by atoms with van der Waals surface area (Å²) in [5.41, 5.74) is 4.98. The molecule has 33 heavy (non-hydrogen) atoms. The van der Waals surface area contributed by atoms with Crippen LogP contribution < -0.4 is 15.0 Å². The molecule has 0 spiro atoms. The van der Waals surface area contributed by atoms with Crippen molar-refractivity contribution in [2.75, 3.05) is 23.4 Å². The minimum absolute atomic E-state index is 0.0979. The molecule has 0 radical (unpaired) electrons. The van der Waals surface area contributed by atoms with Gasteiger partial charge < -0.3 is 10.1 Å². The summed E-state index contributed by atoms with van der Waals surface area (Å²) in [7, 11) is 0. The van der Waals surface area contributed by atoms with Crippen molar-refractivity contribution in [1.82, 2.24) is 4.98 Å². The van der Waals surface area contributed by atoms with Gasteiger partial charge in [-0.25, -0.2) is 4.98 Å². The lowest BCUT2D eigenvalue weighted by atomic mass is 10.1. The number of nitrogens with zero attached hydrogens (tertiary/aromatic N) is 2. The summed E-state index contributed by atoms with van der Waals surface area (Å²) < 4.78 is 5.61. The van der Waals surface area contributed by atoms with Gasteiger partial charge in [-0.05, 0) is 36.8 Å². The molecule has 2 amide bonds. The molecule has 6 nitrogen and oxygen atoms in total.